The zero-order valence-corrected chi connectivity index (χ0v) is 13.5. The molecule has 0 aliphatic rings. The maximum Gasteiger partial charge on any atom is 0.407 e. The van der Waals surface area contributed by atoms with E-state index in [-0.39, 0.29) is 18.4 Å². The van der Waals surface area contributed by atoms with Crippen molar-refractivity contribution in [2.75, 3.05) is 11.9 Å². The van der Waals surface area contributed by atoms with Gasteiger partial charge in [-0.05, 0) is 37.5 Å². The highest BCUT2D eigenvalue weighted by Crippen LogP contribution is 2.20. The van der Waals surface area contributed by atoms with Crippen molar-refractivity contribution in [2.45, 2.75) is 33.7 Å². The van der Waals surface area contributed by atoms with Crippen molar-refractivity contribution in [1.29, 1.82) is 0 Å². The van der Waals surface area contributed by atoms with Crippen molar-refractivity contribution >= 4 is 29.3 Å². The van der Waals surface area contributed by atoms with Gasteiger partial charge >= 0.3 is 6.09 Å². The molecule has 1 aromatic carbocycles. The van der Waals surface area contributed by atoms with Crippen molar-refractivity contribution in [1.82, 2.24) is 5.32 Å². The summed E-state index contributed by atoms with van der Waals surface area (Å²) >= 11 is 6.02. The van der Waals surface area contributed by atoms with Gasteiger partial charge in [0.05, 0.1) is 6.61 Å². The zero-order chi connectivity index (χ0) is 16.0. The third kappa shape index (κ3) is 5.27. The molecule has 1 unspecified atom stereocenters. The van der Waals surface area contributed by atoms with Gasteiger partial charge in [-0.1, -0.05) is 31.5 Å². The number of carbonyl (C=O) groups is 2. The Morgan fingerprint density at radius 3 is 2.52 bits per heavy atom. The van der Waals surface area contributed by atoms with E-state index in [0.29, 0.717) is 10.7 Å². The minimum absolute atomic E-state index is 0.0738. The number of halogens is 1. The maximum absolute atomic E-state index is 12.3. The summed E-state index contributed by atoms with van der Waals surface area (Å²) in [6.45, 7) is 7.54. The highest BCUT2D eigenvalue weighted by Gasteiger charge is 2.24. The molecule has 1 aromatic rings. The predicted octanol–water partition coefficient (Wildman–Crippen LogP) is 3.36. The molecule has 0 spiro atoms. The molecule has 0 bridgehead atoms. The Bertz CT molecular complexity index is 518. The van der Waals surface area contributed by atoms with E-state index in [1.54, 1.807) is 19.1 Å². The monoisotopic (exact) mass is 312 g/mol. The Morgan fingerprint density at radius 2 is 2.00 bits per heavy atom. The van der Waals surface area contributed by atoms with E-state index < -0.39 is 12.1 Å². The lowest BCUT2D eigenvalue weighted by Crippen LogP contribution is -2.47. The second-order valence-corrected chi connectivity index (χ2v) is 5.45. The molecule has 6 heteroatoms. The van der Waals surface area contributed by atoms with Crippen molar-refractivity contribution in [3.8, 4) is 0 Å². The summed E-state index contributed by atoms with van der Waals surface area (Å²) in [5.74, 6) is -0.381. The molecule has 0 heterocycles. The van der Waals surface area contributed by atoms with Crippen LogP contribution in [-0.2, 0) is 9.53 Å². The first kappa shape index (κ1) is 17.3. The third-order valence-electron chi connectivity index (χ3n) is 2.94. The average molecular weight is 313 g/mol. The molecule has 21 heavy (non-hydrogen) atoms. The predicted molar refractivity (Wildman–Crippen MR) is 83.6 cm³/mol. The Hall–Kier alpha value is -1.75. The largest absolute Gasteiger partial charge is 0.450 e. The lowest BCUT2D eigenvalue weighted by molar-refractivity contribution is -0.119. The topological polar surface area (TPSA) is 67.4 Å². The van der Waals surface area contributed by atoms with E-state index in [2.05, 4.69) is 10.6 Å². The summed E-state index contributed by atoms with van der Waals surface area (Å²) < 4.78 is 4.81. The fourth-order valence-corrected chi connectivity index (χ4v) is 1.91. The molecule has 2 N–H and O–H groups in total. The highest BCUT2D eigenvalue weighted by molar-refractivity contribution is 6.31. The Morgan fingerprint density at radius 1 is 1.33 bits per heavy atom. The van der Waals surface area contributed by atoms with Gasteiger partial charge in [0.1, 0.15) is 6.04 Å². The fourth-order valence-electron chi connectivity index (χ4n) is 1.73. The van der Waals surface area contributed by atoms with E-state index >= 15 is 0 Å². The van der Waals surface area contributed by atoms with Crippen molar-refractivity contribution < 1.29 is 14.3 Å². The Kier molecular flexibility index (Phi) is 6.49. The van der Waals surface area contributed by atoms with E-state index in [1.807, 2.05) is 26.8 Å². The Balaban J connectivity index is 2.76. The van der Waals surface area contributed by atoms with Crippen LogP contribution in [0.15, 0.2) is 18.2 Å². The first-order chi connectivity index (χ1) is 9.85. The van der Waals surface area contributed by atoms with Gasteiger partial charge in [-0.3, -0.25) is 4.79 Å². The van der Waals surface area contributed by atoms with Crippen LogP contribution in [0.3, 0.4) is 0 Å². The third-order valence-corrected chi connectivity index (χ3v) is 3.34. The number of ether oxygens (including phenoxy) is 1. The van der Waals surface area contributed by atoms with Crippen LogP contribution in [0.1, 0.15) is 26.3 Å². The number of amides is 2. The van der Waals surface area contributed by atoms with Crippen molar-refractivity contribution in [3.63, 3.8) is 0 Å². The molecule has 0 fully saturated rings. The molecule has 0 aromatic heterocycles. The summed E-state index contributed by atoms with van der Waals surface area (Å²) in [4.78, 5) is 23.7. The summed E-state index contributed by atoms with van der Waals surface area (Å²) in [6, 6.07) is 4.59. The van der Waals surface area contributed by atoms with E-state index in [0.717, 1.165) is 5.56 Å². The van der Waals surface area contributed by atoms with Gasteiger partial charge in [0, 0.05) is 10.7 Å². The molecule has 0 aliphatic carbocycles. The van der Waals surface area contributed by atoms with Crippen LogP contribution in [0, 0.1) is 12.8 Å². The second-order valence-electron chi connectivity index (χ2n) is 5.04. The van der Waals surface area contributed by atoms with Gasteiger partial charge in [-0.25, -0.2) is 4.79 Å². The molecule has 1 atom stereocenters. The SMILES string of the molecule is CCOC(=O)NC(C(=O)Nc1ccc(C)c(Cl)c1)C(C)C. The maximum atomic E-state index is 12.3. The smallest absolute Gasteiger partial charge is 0.407 e. The van der Waals surface area contributed by atoms with Crippen LogP contribution >= 0.6 is 11.6 Å². The average Bonchev–Trinajstić information content (AvgIpc) is 2.40. The van der Waals surface area contributed by atoms with Crippen LogP contribution in [0.25, 0.3) is 0 Å². The molecule has 0 saturated carbocycles. The highest BCUT2D eigenvalue weighted by atomic mass is 35.5. The van der Waals surface area contributed by atoms with E-state index in [1.165, 1.54) is 0 Å². The van der Waals surface area contributed by atoms with Crippen LogP contribution < -0.4 is 10.6 Å². The van der Waals surface area contributed by atoms with Crippen LogP contribution in [-0.4, -0.2) is 24.6 Å². The van der Waals surface area contributed by atoms with Crippen LogP contribution in [0.2, 0.25) is 5.02 Å². The number of alkyl carbamates (subject to hydrolysis) is 1. The quantitative estimate of drug-likeness (QED) is 0.876. The number of carbonyl (C=O) groups excluding carboxylic acids is 2. The molecule has 2 amide bonds. The number of nitrogens with one attached hydrogen (secondary N) is 2. The molecular formula is C15H21ClN2O3. The molecule has 116 valence electrons. The van der Waals surface area contributed by atoms with Gasteiger partial charge in [0.2, 0.25) is 5.91 Å². The molecule has 0 saturated heterocycles. The summed E-state index contributed by atoms with van der Waals surface area (Å²) in [5, 5.41) is 5.88. The molecule has 0 radical (unpaired) electrons. The van der Waals surface area contributed by atoms with E-state index in [4.69, 9.17) is 16.3 Å². The van der Waals surface area contributed by atoms with Gasteiger partial charge in [0.25, 0.3) is 0 Å². The summed E-state index contributed by atoms with van der Waals surface area (Å²) in [7, 11) is 0. The van der Waals surface area contributed by atoms with Crippen molar-refractivity contribution in [2.24, 2.45) is 5.92 Å². The van der Waals surface area contributed by atoms with E-state index in [9.17, 15) is 9.59 Å². The zero-order valence-electron chi connectivity index (χ0n) is 12.7. The minimum atomic E-state index is -0.677. The number of hydrogen-bond acceptors (Lipinski definition) is 3. The standard InChI is InChI=1S/C15H21ClN2O3/c1-5-21-15(20)18-13(9(2)3)14(19)17-11-7-6-10(4)12(16)8-11/h6-9,13H,5H2,1-4H3,(H,17,19)(H,18,20). The number of rotatable bonds is 5. The fraction of sp³-hybridized carbons (Fsp3) is 0.467. The summed E-state index contributed by atoms with van der Waals surface area (Å²) in [5.41, 5.74) is 1.52. The second kappa shape index (κ2) is 7.88. The lowest BCUT2D eigenvalue weighted by atomic mass is 10.0. The summed E-state index contributed by atoms with van der Waals surface area (Å²) in [6.07, 6.45) is -0.603. The van der Waals surface area contributed by atoms with Gasteiger partial charge < -0.3 is 15.4 Å². The van der Waals surface area contributed by atoms with Gasteiger partial charge in [-0.2, -0.15) is 0 Å². The molecule has 1 rings (SSSR count). The normalized spacial score (nSPS) is 11.9. The number of aryl methyl sites for hydroxylation is 1. The van der Waals surface area contributed by atoms with Gasteiger partial charge in [0.15, 0.2) is 0 Å². The van der Waals surface area contributed by atoms with Crippen LogP contribution in [0.5, 0.6) is 0 Å². The lowest BCUT2D eigenvalue weighted by Gasteiger charge is -2.21. The molecule has 5 nitrogen and oxygen atoms in total. The van der Waals surface area contributed by atoms with Crippen molar-refractivity contribution in [3.05, 3.63) is 28.8 Å². The minimum Gasteiger partial charge on any atom is -0.450 e. The number of anilines is 1. The molecule has 0 aliphatic heterocycles. The van der Waals surface area contributed by atoms with Gasteiger partial charge in [-0.15, -0.1) is 0 Å². The number of benzene rings is 1. The first-order valence-corrected chi connectivity index (χ1v) is 7.23. The Labute approximate surface area is 130 Å². The molecular weight excluding hydrogens is 292 g/mol. The number of hydrogen-bond donors (Lipinski definition) is 2. The first-order valence-electron chi connectivity index (χ1n) is 6.85. The van der Waals surface area contributed by atoms with Crippen LogP contribution in [0.4, 0.5) is 10.5 Å².